The maximum absolute atomic E-state index is 10.2. The Kier molecular flexibility index (Phi) is 7.93. The number of ether oxygens (including phenoxy) is 1. The first-order valence-electron chi connectivity index (χ1n) is 4.12. The molecule has 0 radical (unpaired) electrons. The van der Waals surface area contributed by atoms with Crippen LogP contribution in [0.15, 0.2) is 25.3 Å². The van der Waals surface area contributed by atoms with Crippen LogP contribution in [0, 0.1) is 0 Å². The van der Waals surface area contributed by atoms with Crippen LogP contribution >= 0.6 is 0 Å². The van der Waals surface area contributed by atoms with Gasteiger partial charge in [0.05, 0.1) is 0 Å². The molecule has 1 aliphatic heterocycles. The largest absolute Gasteiger partial charge is 0.381 e. The molecule has 0 aromatic heterocycles. The Balaban J connectivity index is 0.000000401. The van der Waals surface area contributed by atoms with E-state index in [1.807, 2.05) is 0 Å². The van der Waals surface area contributed by atoms with Gasteiger partial charge in [0, 0.05) is 30.4 Å². The predicted octanol–water partition coefficient (Wildman–Crippen LogP) is 0.698. The van der Waals surface area contributed by atoms with Crippen LogP contribution in [0.2, 0.25) is 0 Å². The van der Waals surface area contributed by atoms with E-state index in [0.29, 0.717) is 0 Å². The Labute approximate surface area is 86.9 Å². The highest BCUT2D eigenvalue weighted by Gasteiger charge is 2.00. The average molecular weight is 216 g/mol. The van der Waals surface area contributed by atoms with E-state index >= 15 is 0 Å². The van der Waals surface area contributed by atoms with Crippen LogP contribution in [0.3, 0.4) is 0 Å². The second-order valence-electron chi connectivity index (χ2n) is 2.25. The van der Waals surface area contributed by atoms with E-state index in [1.165, 1.54) is 6.42 Å². The summed E-state index contributed by atoms with van der Waals surface area (Å²) in [5.74, 6) is -1.72. The molecule has 1 aliphatic rings. The molecule has 0 unspecified atom stereocenters. The van der Waals surface area contributed by atoms with Crippen molar-refractivity contribution in [1.82, 2.24) is 0 Å². The summed E-state index contributed by atoms with van der Waals surface area (Å²) < 4.78 is 4.72. The molecule has 1 rings (SSSR count). The van der Waals surface area contributed by atoms with Gasteiger partial charge in [-0.05, 0) is 6.42 Å². The van der Waals surface area contributed by atoms with Crippen LogP contribution in [0.5, 0.6) is 0 Å². The molecule has 1 heterocycles. The molecule has 0 saturated carbocycles. The van der Waals surface area contributed by atoms with E-state index in [2.05, 4.69) is 28.0 Å². The van der Waals surface area contributed by atoms with Gasteiger partial charge in [-0.2, -0.15) is 0 Å². The molecule has 6 heteroatoms. The fraction of sp³-hybridized carbons (Fsp3) is 0.333. The van der Waals surface area contributed by atoms with Crippen LogP contribution in [-0.2, 0) is 29.1 Å². The maximum Gasteiger partial charge on any atom is 0.369 e. The van der Waals surface area contributed by atoms with Gasteiger partial charge in [-0.3, -0.25) is 9.78 Å². The van der Waals surface area contributed by atoms with E-state index in [4.69, 9.17) is 4.74 Å². The monoisotopic (exact) mass is 216 g/mol. The van der Waals surface area contributed by atoms with Crippen molar-refractivity contribution in [3.8, 4) is 0 Å². The summed E-state index contributed by atoms with van der Waals surface area (Å²) in [4.78, 5) is 28.0. The van der Waals surface area contributed by atoms with Gasteiger partial charge in [0.25, 0.3) is 0 Å². The molecule has 0 bridgehead atoms. The molecule has 0 spiro atoms. The molecule has 0 amide bonds. The molecule has 0 N–H and O–H groups in total. The first-order valence-corrected chi connectivity index (χ1v) is 4.12. The van der Waals surface area contributed by atoms with Gasteiger partial charge in [-0.15, -0.1) is 0 Å². The summed E-state index contributed by atoms with van der Waals surface area (Å²) in [6, 6.07) is 0. The lowest BCUT2D eigenvalue weighted by Crippen LogP contribution is -2.09. The predicted molar refractivity (Wildman–Crippen MR) is 49.1 cm³/mol. The third-order valence-electron chi connectivity index (χ3n) is 1.14. The Morgan fingerprint density at radius 1 is 1.07 bits per heavy atom. The van der Waals surface area contributed by atoms with Gasteiger partial charge in [0.1, 0.15) is 0 Å². The van der Waals surface area contributed by atoms with Crippen LogP contribution in [0.4, 0.5) is 0 Å². The average Bonchev–Trinajstić information content (AvgIpc) is 2.14. The van der Waals surface area contributed by atoms with Gasteiger partial charge < -0.3 is 4.74 Å². The highest BCUT2D eigenvalue weighted by atomic mass is 17.5. The lowest BCUT2D eigenvalue weighted by atomic mass is 10.4. The summed E-state index contributed by atoms with van der Waals surface area (Å²) in [6.07, 6.45) is 2.98. The van der Waals surface area contributed by atoms with Crippen molar-refractivity contribution in [2.24, 2.45) is 0 Å². The van der Waals surface area contributed by atoms with Crippen molar-refractivity contribution in [1.29, 1.82) is 0 Å². The molecule has 1 saturated heterocycles. The topological polar surface area (TPSA) is 71.1 Å². The van der Waals surface area contributed by atoms with Gasteiger partial charge in [-0.25, -0.2) is 9.59 Å². The van der Waals surface area contributed by atoms with Gasteiger partial charge in [0.15, 0.2) is 0 Å². The number of rotatable bonds is 4. The lowest BCUT2D eigenvalue weighted by molar-refractivity contribution is -0.455. The standard InChI is InChI=1S/C6H6O5.C3H6O/c1-3-5(7)9-11-10-6(8)4-2;1-2-4-3-1/h3-4H,1-2H2;1-3H2. The highest BCUT2D eigenvalue weighted by Crippen LogP contribution is 1.93. The molecule has 0 aromatic rings. The lowest BCUT2D eigenvalue weighted by Gasteiger charge is -2.09. The van der Waals surface area contributed by atoms with E-state index < -0.39 is 11.9 Å². The normalized spacial score (nSPS) is 12.3. The van der Waals surface area contributed by atoms with Crippen LogP contribution in [0.25, 0.3) is 0 Å². The fourth-order valence-electron chi connectivity index (χ4n) is 0.296. The smallest absolute Gasteiger partial charge is 0.369 e. The Morgan fingerprint density at radius 3 is 1.60 bits per heavy atom. The third kappa shape index (κ3) is 8.66. The number of carbonyl (C=O) groups is 2. The highest BCUT2D eigenvalue weighted by molar-refractivity contribution is 5.81. The van der Waals surface area contributed by atoms with E-state index in [-0.39, 0.29) is 0 Å². The molecule has 84 valence electrons. The molecule has 1 fully saturated rings. The van der Waals surface area contributed by atoms with E-state index in [9.17, 15) is 9.59 Å². The SMILES string of the molecule is C1COC1.C=CC(=O)OOOC(=O)C=C. The summed E-state index contributed by atoms with van der Waals surface area (Å²) in [5, 5.41) is 3.70. The molecule has 15 heavy (non-hydrogen) atoms. The zero-order valence-corrected chi connectivity index (χ0v) is 8.14. The van der Waals surface area contributed by atoms with Gasteiger partial charge in [0.2, 0.25) is 0 Å². The van der Waals surface area contributed by atoms with Gasteiger partial charge >= 0.3 is 11.9 Å². The Bertz CT molecular complexity index is 207. The molecule has 0 aliphatic carbocycles. The maximum atomic E-state index is 10.2. The molecule has 6 nitrogen and oxygen atoms in total. The molecule has 0 aromatic carbocycles. The van der Waals surface area contributed by atoms with Crippen LogP contribution in [0.1, 0.15) is 6.42 Å². The van der Waals surface area contributed by atoms with Crippen molar-refractivity contribution < 1.29 is 29.1 Å². The number of carbonyl (C=O) groups excluding carboxylic acids is 2. The summed E-state index contributed by atoms with van der Waals surface area (Å²) in [5.41, 5.74) is 0. The quantitative estimate of drug-likeness (QED) is 0.391. The molecule has 0 atom stereocenters. The first-order chi connectivity index (χ1) is 7.20. The summed E-state index contributed by atoms with van der Waals surface area (Å²) >= 11 is 0. The zero-order chi connectivity index (χ0) is 11.5. The van der Waals surface area contributed by atoms with Crippen LogP contribution < -0.4 is 0 Å². The minimum Gasteiger partial charge on any atom is -0.381 e. The second-order valence-corrected chi connectivity index (χ2v) is 2.25. The van der Waals surface area contributed by atoms with E-state index in [0.717, 1.165) is 25.4 Å². The summed E-state index contributed by atoms with van der Waals surface area (Å²) in [6.45, 7) is 8.13. The van der Waals surface area contributed by atoms with Crippen molar-refractivity contribution in [3.63, 3.8) is 0 Å². The number of hydrogen-bond donors (Lipinski definition) is 0. The van der Waals surface area contributed by atoms with E-state index in [1.54, 1.807) is 0 Å². The van der Waals surface area contributed by atoms with Crippen molar-refractivity contribution in [3.05, 3.63) is 25.3 Å². The van der Waals surface area contributed by atoms with Crippen LogP contribution in [-0.4, -0.2) is 25.2 Å². The van der Waals surface area contributed by atoms with Crippen molar-refractivity contribution in [2.45, 2.75) is 6.42 Å². The van der Waals surface area contributed by atoms with Crippen molar-refractivity contribution >= 4 is 11.9 Å². The Morgan fingerprint density at radius 2 is 1.40 bits per heavy atom. The summed E-state index contributed by atoms with van der Waals surface area (Å²) in [7, 11) is 0. The van der Waals surface area contributed by atoms with Crippen molar-refractivity contribution in [2.75, 3.05) is 13.2 Å². The molecular formula is C9H12O6. The fourth-order valence-corrected chi connectivity index (χ4v) is 0.296. The van der Waals surface area contributed by atoms with Gasteiger partial charge in [-0.1, -0.05) is 13.2 Å². The number of hydrogen-bond acceptors (Lipinski definition) is 6. The third-order valence-corrected chi connectivity index (χ3v) is 1.14. The minimum atomic E-state index is -0.859. The first kappa shape index (κ1) is 13.3. The zero-order valence-electron chi connectivity index (χ0n) is 8.14. The second kappa shape index (κ2) is 8.92. The molecular weight excluding hydrogens is 204 g/mol. The Hall–Kier alpha value is -1.66. The minimum absolute atomic E-state index is 0.849.